The van der Waals surface area contributed by atoms with Crippen LogP contribution in [-0.2, 0) is 4.79 Å². The maximum atomic E-state index is 12.6. The summed E-state index contributed by atoms with van der Waals surface area (Å²) in [6, 6.07) is 0.648. The van der Waals surface area contributed by atoms with Gasteiger partial charge < -0.3 is 14.9 Å². The summed E-state index contributed by atoms with van der Waals surface area (Å²) in [5, 5.41) is 8.79. The highest BCUT2D eigenvalue weighted by Gasteiger charge is 2.38. The summed E-state index contributed by atoms with van der Waals surface area (Å²) < 4.78 is 0. The van der Waals surface area contributed by atoms with E-state index < -0.39 is 5.97 Å². The van der Waals surface area contributed by atoms with E-state index in [0.717, 1.165) is 25.3 Å². The van der Waals surface area contributed by atoms with E-state index in [9.17, 15) is 9.59 Å². The van der Waals surface area contributed by atoms with Crippen LogP contribution >= 0.6 is 0 Å². The van der Waals surface area contributed by atoms with Gasteiger partial charge in [0.2, 0.25) is 0 Å². The van der Waals surface area contributed by atoms with Crippen LogP contribution in [0.3, 0.4) is 0 Å². The number of carboxylic acid groups (broad SMARTS) is 1. The highest BCUT2D eigenvalue weighted by atomic mass is 16.4. The molecule has 0 spiro atoms. The van der Waals surface area contributed by atoms with Gasteiger partial charge in [-0.1, -0.05) is 0 Å². The van der Waals surface area contributed by atoms with E-state index in [2.05, 4.69) is 4.90 Å². The van der Waals surface area contributed by atoms with Gasteiger partial charge >= 0.3 is 12.0 Å². The monoisotopic (exact) mass is 281 g/mol. The maximum absolute atomic E-state index is 12.6. The Bertz CT molecular complexity index is 385. The summed E-state index contributed by atoms with van der Waals surface area (Å²) in [5.74, 6) is -0.0639. The largest absolute Gasteiger partial charge is 0.480 e. The van der Waals surface area contributed by atoms with Crippen molar-refractivity contribution >= 4 is 12.0 Å². The minimum absolute atomic E-state index is 0.0798. The number of hydrogen-bond acceptors (Lipinski definition) is 3. The van der Waals surface area contributed by atoms with Crippen LogP contribution in [-0.4, -0.2) is 77.1 Å². The zero-order chi connectivity index (χ0) is 14.1. The lowest BCUT2D eigenvalue weighted by molar-refractivity contribution is -0.138. The maximum Gasteiger partial charge on any atom is 0.320 e. The molecule has 1 heterocycles. The topological polar surface area (TPSA) is 64.1 Å². The Balaban J connectivity index is 1.50. The lowest BCUT2D eigenvalue weighted by Crippen LogP contribution is -2.54. The van der Waals surface area contributed by atoms with Crippen molar-refractivity contribution in [3.63, 3.8) is 0 Å². The summed E-state index contributed by atoms with van der Waals surface area (Å²) in [5.41, 5.74) is 0. The van der Waals surface area contributed by atoms with Crippen LogP contribution in [0.25, 0.3) is 0 Å². The van der Waals surface area contributed by atoms with E-state index in [1.165, 1.54) is 12.8 Å². The number of hydrogen-bond donors (Lipinski definition) is 1. The SMILES string of the molecule is O=C(O)CN1CCN(C(=O)N(CC2CC2)C2CC2)CC1. The van der Waals surface area contributed by atoms with Crippen LogP contribution in [0.2, 0.25) is 0 Å². The first-order chi connectivity index (χ1) is 9.63. The summed E-state index contributed by atoms with van der Waals surface area (Å²) >= 11 is 0. The van der Waals surface area contributed by atoms with E-state index in [1.807, 2.05) is 9.80 Å². The number of amides is 2. The van der Waals surface area contributed by atoms with Crippen molar-refractivity contribution in [3.05, 3.63) is 0 Å². The van der Waals surface area contributed by atoms with Gasteiger partial charge in [-0.2, -0.15) is 0 Å². The summed E-state index contributed by atoms with van der Waals surface area (Å²) in [6.07, 6.45) is 4.83. The number of nitrogens with zero attached hydrogens (tertiary/aromatic N) is 3. The number of piperazine rings is 1. The lowest BCUT2D eigenvalue weighted by Gasteiger charge is -2.37. The molecule has 0 aromatic heterocycles. The van der Waals surface area contributed by atoms with E-state index >= 15 is 0 Å². The third-order valence-electron chi connectivity index (χ3n) is 4.39. The van der Waals surface area contributed by atoms with Crippen molar-refractivity contribution in [3.8, 4) is 0 Å². The van der Waals surface area contributed by atoms with Crippen LogP contribution in [0.4, 0.5) is 4.79 Å². The standard InChI is InChI=1S/C14H23N3O3/c18-13(19)10-15-5-7-16(8-6-15)14(20)17(12-3-4-12)9-11-1-2-11/h11-12H,1-10H2,(H,18,19). The Hall–Kier alpha value is -1.30. The Morgan fingerprint density at radius 3 is 2.20 bits per heavy atom. The molecule has 1 N–H and O–H groups in total. The van der Waals surface area contributed by atoms with Crippen molar-refractivity contribution in [1.29, 1.82) is 0 Å². The van der Waals surface area contributed by atoms with Crippen molar-refractivity contribution in [2.45, 2.75) is 31.7 Å². The average molecular weight is 281 g/mol. The van der Waals surface area contributed by atoms with Crippen LogP contribution in [0.5, 0.6) is 0 Å². The van der Waals surface area contributed by atoms with Gasteiger partial charge in [0.25, 0.3) is 0 Å². The van der Waals surface area contributed by atoms with Crippen LogP contribution in [0.15, 0.2) is 0 Å². The minimum Gasteiger partial charge on any atom is -0.480 e. The molecule has 1 aliphatic heterocycles. The molecule has 2 amide bonds. The van der Waals surface area contributed by atoms with Crippen LogP contribution in [0, 0.1) is 5.92 Å². The Kier molecular flexibility index (Phi) is 3.83. The molecule has 0 aromatic carbocycles. The normalized spacial score (nSPS) is 23.7. The van der Waals surface area contributed by atoms with Gasteiger partial charge in [-0.3, -0.25) is 9.69 Å². The highest BCUT2D eigenvalue weighted by molar-refractivity contribution is 5.75. The van der Waals surface area contributed by atoms with E-state index in [0.29, 0.717) is 32.2 Å². The molecule has 0 radical (unpaired) electrons. The molecule has 0 unspecified atom stereocenters. The summed E-state index contributed by atoms with van der Waals surface area (Å²) in [4.78, 5) is 29.1. The fraction of sp³-hybridized carbons (Fsp3) is 0.857. The molecule has 20 heavy (non-hydrogen) atoms. The molecule has 2 aliphatic carbocycles. The average Bonchev–Trinajstić information content (AvgIpc) is 3.27. The second kappa shape index (κ2) is 5.60. The smallest absolute Gasteiger partial charge is 0.320 e. The van der Waals surface area contributed by atoms with Crippen molar-refractivity contribution < 1.29 is 14.7 Å². The van der Waals surface area contributed by atoms with Gasteiger partial charge in [0.15, 0.2) is 0 Å². The molecule has 1 saturated heterocycles. The predicted octanol–water partition coefficient (Wildman–Crippen LogP) is 0.683. The number of carbonyl (C=O) groups excluding carboxylic acids is 1. The summed E-state index contributed by atoms with van der Waals surface area (Å²) in [6.45, 7) is 3.65. The highest BCUT2D eigenvalue weighted by Crippen LogP contribution is 2.35. The molecule has 0 bridgehead atoms. The molecule has 3 fully saturated rings. The molecule has 112 valence electrons. The van der Waals surface area contributed by atoms with Gasteiger partial charge in [0.05, 0.1) is 6.54 Å². The first-order valence-electron chi connectivity index (χ1n) is 7.63. The number of urea groups is 1. The first kappa shape index (κ1) is 13.7. The Morgan fingerprint density at radius 2 is 1.70 bits per heavy atom. The molecule has 6 nitrogen and oxygen atoms in total. The van der Waals surface area contributed by atoms with Crippen molar-refractivity contribution in [2.24, 2.45) is 5.92 Å². The van der Waals surface area contributed by atoms with E-state index in [1.54, 1.807) is 0 Å². The Morgan fingerprint density at radius 1 is 1.05 bits per heavy atom. The molecular formula is C14H23N3O3. The van der Waals surface area contributed by atoms with Crippen LogP contribution in [0.1, 0.15) is 25.7 Å². The number of carbonyl (C=O) groups is 2. The number of carboxylic acids is 1. The fourth-order valence-corrected chi connectivity index (χ4v) is 2.82. The summed E-state index contributed by atoms with van der Waals surface area (Å²) in [7, 11) is 0. The second-order valence-electron chi connectivity index (χ2n) is 6.27. The molecule has 0 aromatic rings. The third kappa shape index (κ3) is 3.42. The van der Waals surface area contributed by atoms with E-state index in [4.69, 9.17) is 5.11 Å². The van der Waals surface area contributed by atoms with Crippen molar-refractivity contribution in [2.75, 3.05) is 39.3 Å². The lowest BCUT2D eigenvalue weighted by atomic mass is 10.3. The zero-order valence-corrected chi connectivity index (χ0v) is 11.8. The quantitative estimate of drug-likeness (QED) is 0.805. The van der Waals surface area contributed by atoms with Gasteiger partial charge in [-0.05, 0) is 31.6 Å². The molecule has 0 atom stereocenters. The van der Waals surface area contributed by atoms with Crippen molar-refractivity contribution in [1.82, 2.24) is 14.7 Å². The molecule has 3 aliphatic rings. The molecule has 6 heteroatoms. The van der Waals surface area contributed by atoms with E-state index in [-0.39, 0.29) is 12.6 Å². The third-order valence-corrected chi connectivity index (χ3v) is 4.39. The molecule has 2 saturated carbocycles. The second-order valence-corrected chi connectivity index (χ2v) is 6.27. The Labute approximate surface area is 119 Å². The fourth-order valence-electron chi connectivity index (χ4n) is 2.82. The molecule has 3 rings (SSSR count). The number of aliphatic carboxylic acids is 1. The zero-order valence-electron chi connectivity index (χ0n) is 11.8. The van der Waals surface area contributed by atoms with Gasteiger partial charge in [-0.15, -0.1) is 0 Å². The van der Waals surface area contributed by atoms with Gasteiger partial charge in [-0.25, -0.2) is 4.79 Å². The number of rotatable bonds is 5. The van der Waals surface area contributed by atoms with Crippen LogP contribution < -0.4 is 0 Å². The molecular weight excluding hydrogens is 258 g/mol. The predicted molar refractivity (Wildman–Crippen MR) is 73.5 cm³/mol. The minimum atomic E-state index is -0.793. The van der Waals surface area contributed by atoms with Gasteiger partial charge in [0, 0.05) is 38.8 Å². The van der Waals surface area contributed by atoms with Gasteiger partial charge in [0.1, 0.15) is 0 Å². The first-order valence-corrected chi connectivity index (χ1v) is 7.63.